The van der Waals surface area contributed by atoms with Crippen molar-refractivity contribution in [3.05, 3.63) is 93.9 Å². The number of ether oxygens (including phenoxy) is 1. The minimum Gasteiger partial charge on any atom is -0.495 e. The van der Waals surface area contributed by atoms with Crippen LogP contribution < -0.4 is 10.1 Å². The summed E-state index contributed by atoms with van der Waals surface area (Å²) in [6.07, 6.45) is 0. The zero-order chi connectivity index (χ0) is 24.0. The largest absolute Gasteiger partial charge is 0.495 e. The van der Waals surface area contributed by atoms with Gasteiger partial charge in [-0.3, -0.25) is 9.59 Å². The Labute approximate surface area is 200 Å². The molecular formula is C27H20ClNO5. The molecule has 2 aromatic heterocycles. The van der Waals surface area contributed by atoms with Crippen molar-refractivity contribution in [1.82, 2.24) is 0 Å². The number of halogens is 1. The number of hydrogen-bond donors (Lipinski definition) is 1. The molecule has 3 aromatic carbocycles. The molecule has 7 heteroatoms. The highest BCUT2D eigenvalue weighted by Crippen LogP contribution is 2.35. The molecule has 5 rings (SSSR count). The molecule has 0 radical (unpaired) electrons. The summed E-state index contributed by atoms with van der Waals surface area (Å²) in [5, 5.41) is 4.60. The SMILES string of the molecule is COc1ccc(C(=O)c2oc3ccccc3c2NC(=O)c2oc3cc(C)ccc3c2C)cc1Cl. The summed E-state index contributed by atoms with van der Waals surface area (Å²) in [4.78, 5) is 26.7. The van der Waals surface area contributed by atoms with Crippen LogP contribution in [0, 0.1) is 13.8 Å². The number of ketones is 1. The molecule has 2 heterocycles. The molecular weight excluding hydrogens is 454 g/mol. The highest BCUT2D eigenvalue weighted by atomic mass is 35.5. The van der Waals surface area contributed by atoms with E-state index < -0.39 is 11.7 Å². The maximum atomic E-state index is 13.4. The first-order valence-corrected chi connectivity index (χ1v) is 11.0. The van der Waals surface area contributed by atoms with Gasteiger partial charge in [-0.1, -0.05) is 35.9 Å². The Morgan fingerprint density at radius 3 is 2.41 bits per heavy atom. The molecule has 0 saturated heterocycles. The van der Waals surface area contributed by atoms with Gasteiger partial charge in [-0.15, -0.1) is 0 Å². The van der Waals surface area contributed by atoms with Crippen LogP contribution in [0.4, 0.5) is 5.69 Å². The van der Waals surface area contributed by atoms with E-state index >= 15 is 0 Å². The van der Waals surface area contributed by atoms with Gasteiger partial charge in [0.2, 0.25) is 5.78 Å². The number of anilines is 1. The zero-order valence-electron chi connectivity index (χ0n) is 18.7. The zero-order valence-corrected chi connectivity index (χ0v) is 19.4. The van der Waals surface area contributed by atoms with E-state index in [1.807, 2.05) is 32.0 Å². The molecule has 0 aliphatic rings. The number of benzene rings is 3. The number of carbonyl (C=O) groups is 2. The lowest BCUT2D eigenvalue weighted by molar-refractivity contribution is 0.0997. The van der Waals surface area contributed by atoms with E-state index in [2.05, 4.69) is 5.32 Å². The first kappa shape index (κ1) is 21.8. The van der Waals surface area contributed by atoms with E-state index in [1.54, 1.807) is 36.4 Å². The molecule has 0 atom stereocenters. The van der Waals surface area contributed by atoms with Gasteiger partial charge in [-0.25, -0.2) is 0 Å². The van der Waals surface area contributed by atoms with E-state index in [0.29, 0.717) is 32.9 Å². The van der Waals surface area contributed by atoms with Crippen LogP contribution in [-0.2, 0) is 0 Å². The van der Waals surface area contributed by atoms with Crippen LogP contribution in [0.2, 0.25) is 5.02 Å². The Balaban J connectivity index is 1.58. The van der Waals surface area contributed by atoms with Crippen molar-refractivity contribution in [1.29, 1.82) is 0 Å². The highest BCUT2D eigenvalue weighted by molar-refractivity contribution is 6.32. The quantitative estimate of drug-likeness (QED) is 0.279. The second-order valence-electron chi connectivity index (χ2n) is 7.99. The predicted octanol–water partition coefficient (Wildman–Crippen LogP) is 6.94. The molecule has 0 fully saturated rings. The summed E-state index contributed by atoms with van der Waals surface area (Å²) in [6, 6.07) is 17.6. The average Bonchev–Trinajstić information content (AvgIpc) is 3.36. The fourth-order valence-corrected chi connectivity index (χ4v) is 4.25. The van der Waals surface area contributed by atoms with Crippen LogP contribution in [0.5, 0.6) is 5.75 Å². The Bertz CT molecular complexity index is 1590. The second kappa shape index (κ2) is 8.39. The maximum Gasteiger partial charge on any atom is 0.291 e. The Morgan fingerprint density at radius 2 is 1.65 bits per heavy atom. The third kappa shape index (κ3) is 3.62. The molecule has 5 aromatic rings. The topological polar surface area (TPSA) is 81.7 Å². The normalized spacial score (nSPS) is 11.2. The summed E-state index contributed by atoms with van der Waals surface area (Å²) >= 11 is 6.22. The van der Waals surface area contributed by atoms with E-state index in [9.17, 15) is 9.59 Å². The van der Waals surface area contributed by atoms with Gasteiger partial charge in [0.25, 0.3) is 5.91 Å². The summed E-state index contributed by atoms with van der Waals surface area (Å²) < 4.78 is 16.9. The van der Waals surface area contributed by atoms with Crippen molar-refractivity contribution in [2.45, 2.75) is 13.8 Å². The monoisotopic (exact) mass is 473 g/mol. The number of aryl methyl sites for hydroxylation is 2. The van der Waals surface area contributed by atoms with Crippen LogP contribution in [0.25, 0.3) is 21.9 Å². The smallest absolute Gasteiger partial charge is 0.291 e. The average molecular weight is 474 g/mol. The molecule has 0 spiro atoms. The van der Waals surface area contributed by atoms with Gasteiger partial charge in [0.05, 0.1) is 17.8 Å². The lowest BCUT2D eigenvalue weighted by Crippen LogP contribution is -2.14. The Hall–Kier alpha value is -4.03. The number of rotatable bonds is 5. The molecule has 0 saturated carbocycles. The summed E-state index contributed by atoms with van der Waals surface area (Å²) in [5.74, 6) is -0.267. The lowest BCUT2D eigenvalue weighted by atomic mass is 10.1. The third-order valence-corrected chi connectivity index (χ3v) is 6.05. The predicted molar refractivity (Wildman–Crippen MR) is 131 cm³/mol. The van der Waals surface area contributed by atoms with Crippen LogP contribution in [0.15, 0.2) is 69.5 Å². The van der Waals surface area contributed by atoms with E-state index in [1.165, 1.54) is 13.2 Å². The van der Waals surface area contributed by atoms with Crippen molar-refractivity contribution in [2.75, 3.05) is 12.4 Å². The molecule has 0 aliphatic carbocycles. The number of fused-ring (bicyclic) bond motifs is 2. The number of methoxy groups -OCH3 is 1. The van der Waals surface area contributed by atoms with Crippen molar-refractivity contribution >= 4 is 50.9 Å². The number of hydrogen-bond acceptors (Lipinski definition) is 5. The van der Waals surface area contributed by atoms with Crippen molar-refractivity contribution in [3.8, 4) is 5.75 Å². The second-order valence-corrected chi connectivity index (χ2v) is 8.40. The van der Waals surface area contributed by atoms with E-state index in [-0.39, 0.29) is 17.2 Å². The molecule has 0 bridgehead atoms. The van der Waals surface area contributed by atoms with Crippen molar-refractivity contribution < 1.29 is 23.2 Å². The summed E-state index contributed by atoms with van der Waals surface area (Å²) in [6.45, 7) is 3.78. The number of amides is 1. The first-order chi connectivity index (χ1) is 16.4. The van der Waals surface area contributed by atoms with Gasteiger partial charge in [0, 0.05) is 21.9 Å². The van der Waals surface area contributed by atoms with Crippen LogP contribution in [0.3, 0.4) is 0 Å². The third-order valence-electron chi connectivity index (χ3n) is 5.75. The minimum atomic E-state index is -0.472. The molecule has 1 amide bonds. The summed E-state index contributed by atoms with van der Waals surface area (Å²) in [5.41, 5.74) is 3.42. The van der Waals surface area contributed by atoms with Gasteiger partial charge in [0.15, 0.2) is 11.5 Å². The standard InChI is InChI=1S/C27H20ClNO5/c1-14-8-10-17-15(2)25(34-22(17)12-14)27(31)29-23-18-6-4-5-7-20(18)33-26(23)24(30)16-9-11-21(32-3)19(28)13-16/h4-13H,1-3H3,(H,29,31). The van der Waals surface area contributed by atoms with Crippen LogP contribution >= 0.6 is 11.6 Å². The van der Waals surface area contributed by atoms with E-state index in [0.717, 1.165) is 16.5 Å². The highest BCUT2D eigenvalue weighted by Gasteiger charge is 2.26. The number of carbonyl (C=O) groups excluding carboxylic acids is 2. The van der Waals surface area contributed by atoms with Crippen LogP contribution in [-0.4, -0.2) is 18.8 Å². The lowest BCUT2D eigenvalue weighted by Gasteiger charge is -2.07. The van der Waals surface area contributed by atoms with Gasteiger partial charge >= 0.3 is 0 Å². The summed E-state index contributed by atoms with van der Waals surface area (Å²) in [7, 11) is 1.50. The molecule has 6 nitrogen and oxygen atoms in total. The number of nitrogens with one attached hydrogen (secondary N) is 1. The molecule has 1 N–H and O–H groups in total. The Morgan fingerprint density at radius 1 is 0.882 bits per heavy atom. The van der Waals surface area contributed by atoms with Gasteiger partial charge in [-0.2, -0.15) is 0 Å². The molecule has 34 heavy (non-hydrogen) atoms. The minimum absolute atomic E-state index is 0.000363. The fourth-order valence-electron chi connectivity index (χ4n) is 3.99. The molecule has 0 aliphatic heterocycles. The maximum absolute atomic E-state index is 13.4. The van der Waals surface area contributed by atoms with Crippen molar-refractivity contribution in [2.24, 2.45) is 0 Å². The van der Waals surface area contributed by atoms with Crippen LogP contribution in [0.1, 0.15) is 37.8 Å². The first-order valence-electron chi connectivity index (χ1n) is 10.6. The van der Waals surface area contributed by atoms with Crippen molar-refractivity contribution in [3.63, 3.8) is 0 Å². The Kier molecular flexibility index (Phi) is 5.38. The molecule has 0 unspecified atom stereocenters. The van der Waals surface area contributed by atoms with Gasteiger partial charge < -0.3 is 18.9 Å². The fraction of sp³-hybridized carbons (Fsp3) is 0.111. The van der Waals surface area contributed by atoms with Gasteiger partial charge in [-0.05, 0) is 55.8 Å². The molecule has 170 valence electrons. The number of furan rings is 2. The van der Waals surface area contributed by atoms with Gasteiger partial charge in [0.1, 0.15) is 16.9 Å². The van der Waals surface area contributed by atoms with E-state index in [4.69, 9.17) is 25.2 Å². The number of para-hydroxylation sites is 1.